The molecule has 1 aromatic heterocycles. The molecule has 6 nitrogen and oxygen atoms in total. The number of rotatable bonds is 11. The predicted molar refractivity (Wildman–Crippen MR) is 135 cm³/mol. The summed E-state index contributed by atoms with van der Waals surface area (Å²) < 4.78 is 0. The molecular formula is C24H25Cl2N3O3S. The number of benzene rings is 2. The lowest BCUT2D eigenvalue weighted by atomic mass is 10.1. The molecule has 0 unspecified atom stereocenters. The number of nitrogens with one attached hydrogen (secondary N) is 1. The predicted octanol–water partition coefficient (Wildman–Crippen LogP) is 6.13. The Morgan fingerprint density at radius 3 is 2.55 bits per heavy atom. The van der Waals surface area contributed by atoms with E-state index >= 15 is 0 Å². The van der Waals surface area contributed by atoms with Gasteiger partial charge in [-0.2, -0.15) is 0 Å². The summed E-state index contributed by atoms with van der Waals surface area (Å²) in [6, 6.07) is 12.8. The molecule has 0 saturated heterocycles. The van der Waals surface area contributed by atoms with Crippen LogP contribution >= 0.6 is 34.5 Å². The van der Waals surface area contributed by atoms with Crippen molar-refractivity contribution in [3.8, 4) is 11.3 Å². The number of anilines is 1. The van der Waals surface area contributed by atoms with Crippen molar-refractivity contribution < 1.29 is 14.7 Å². The number of hydrogen-bond donors (Lipinski definition) is 2. The molecule has 0 radical (unpaired) electrons. The average molecular weight is 506 g/mol. The highest BCUT2D eigenvalue weighted by atomic mass is 35.5. The number of carbonyl (C=O) groups is 2. The normalized spacial score (nSPS) is 10.8. The number of unbranched alkanes of at least 4 members (excludes halogenated alkanes) is 1. The third-order valence-corrected chi connectivity index (χ3v) is 6.61. The second-order valence-corrected chi connectivity index (χ2v) is 9.17. The van der Waals surface area contributed by atoms with Gasteiger partial charge in [-0.05, 0) is 36.2 Å². The minimum absolute atomic E-state index is 0.103. The number of nitrogens with zero attached hydrogens (tertiary/aromatic N) is 2. The monoisotopic (exact) mass is 505 g/mol. The zero-order valence-electron chi connectivity index (χ0n) is 18.2. The SMILES string of the molecule is CCCCN(Cc1ccc(C(=O)NCCC(=O)O)cc1)c1nc(-c2ccc(Cl)c(Cl)c2)cs1. The quantitative estimate of drug-likeness (QED) is 0.327. The topological polar surface area (TPSA) is 82.5 Å². The third-order valence-electron chi connectivity index (χ3n) is 4.97. The largest absolute Gasteiger partial charge is 0.481 e. The second-order valence-electron chi connectivity index (χ2n) is 7.52. The molecule has 0 spiro atoms. The van der Waals surface area contributed by atoms with E-state index in [2.05, 4.69) is 17.1 Å². The van der Waals surface area contributed by atoms with Gasteiger partial charge in [-0.25, -0.2) is 4.98 Å². The van der Waals surface area contributed by atoms with Crippen molar-refractivity contribution in [3.63, 3.8) is 0 Å². The smallest absolute Gasteiger partial charge is 0.305 e. The lowest BCUT2D eigenvalue weighted by Gasteiger charge is -2.22. The first-order valence-electron chi connectivity index (χ1n) is 10.6. The minimum Gasteiger partial charge on any atom is -0.481 e. The van der Waals surface area contributed by atoms with Crippen LogP contribution in [0.2, 0.25) is 10.0 Å². The van der Waals surface area contributed by atoms with E-state index in [1.807, 2.05) is 29.6 Å². The van der Waals surface area contributed by atoms with Gasteiger partial charge in [0.2, 0.25) is 0 Å². The number of aromatic nitrogens is 1. The Hall–Kier alpha value is -2.61. The first-order chi connectivity index (χ1) is 15.9. The molecule has 174 valence electrons. The Balaban J connectivity index is 1.71. The van der Waals surface area contributed by atoms with Crippen LogP contribution in [0.25, 0.3) is 11.3 Å². The zero-order chi connectivity index (χ0) is 23.8. The van der Waals surface area contributed by atoms with Crippen LogP contribution in [0, 0.1) is 0 Å². The van der Waals surface area contributed by atoms with E-state index in [4.69, 9.17) is 33.3 Å². The molecule has 0 bridgehead atoms. The Kier molecular flexibility index (Phi) is 9.11. The fourth-order valence-electron chi connectivity index (χ4n) is 3.16. The summed E-state index contributed by atoms with van der Waals surface area (Å²) in [7, 11) is 0. The maximum atomic E-state index is 12.2. The molecule has 0 aliphatic heterocycles. The van der Waals surface area contributed by atoms with Crippen molar-refractivity contribution in [1.29, 1.82) is 0 Å². The van der Waals surface area contributed by atoms with Crippen LogP contribution in [0.15, 0.2) is 47.8 Å². The number of carbonyl (C=O) groups excluding carboxylic acids is 1. The number of carboxylic acid groups (broad SMARTS) is 1. The Morgan fingerprint density at radius 1 is 1.12 bits per heavy atom. The molecular weight excluding hydrogens is 481 g/mol. The molecule has 0 fully saturated rings. The van der Waals surface area contributed by atoms with Gasteiger partial charge in [0.25, 0.3) is 5.91 Å². The maximum Gasteiger partial charge on any atom is 0.305 e. The van der Waals surface area contributed by atoms with Crippen molar-refractivity contribution in [3.05, 3.63) is 69.0 Å². The van der Waals surface area contributed by atoms with Gasteiger partial charge < -0.3 is 15.3 Å². The van der Waals surface area contributed by atoms with Crippen LogP contribution < -0.4 is 10.2 Å². The molecule has 1 amide bonds. The molecule has 9 heteroatoms. The van der Waals surface area contributed by atoms with E-state index < -0.39 is 5.97 Å². The number of halogens is 2. The van der Waals surface area contributed by atoms with E-state index in [0.717, 1.165) is 41.3 Å². The Morgan fingerprint density at radius 2 is 1.88 bits per heavy atom. The molecule has 0 aliphatic carbocycles. The number of hydrogen-bond acceptors (Lipinski definition) is 5. The van der Waals surface area contributed by atoms with Gasteiger partial charge in [-0.3, -0.25) is 9.59 Å². The Labute approximate surface area is 207 Å². The van der Waals surface area contributed by atoms with Crippen LogP contribution in [0.5, 0.6) is 0 Å². The number of amides is 1. The van der Waals surface area contributed by atoms with Gasteiger partial charge in [0.05, 0.1) is 22.2 Å². The third kappa shape index (κ3) is 7.19. The summed E-state index contributed by atoms with van der Waals surface area (Å²) in [5.41, 5.74) is 3.32. The minimum atomic E-state index is -0.942. The van der Waals surface area contributed by atoms with Crippen molar-refractivity contribution in [2.75, 3.05) is 18.0 Å². The van der Waals surface area contributed by atoms with Crippen LogP contribution in [0.1, 0.15) is 42.1 Å². The highest BCUT2D eigenvalue weighted by molar-refractivity contribution is 7.14. The molecule has 2 aromatic carbocycles. The van der Waals surface area contributed by atoms with Gasteiger partial charge in [0, 0.05) is 36.1 Å². The van der Waals surface area contributed by atoms with E-state index in [0.29, 0.717) is 22.2 Å². The summed E-state index contributed by atoms with van der Waals surface area (Å²) in [5, 5.41) is 15.2. The van der Waals surface area contributed by atoms with Crippen molar-refractivity contribution >= 4 is 51.5 Å². The summed E-state index contributed by atoms with van der Waals surface area (Å²) in [4.78, 5) is 29.8. The molecule has 1 heterocycles. The average Bonchev–Trinajstić information content (AvgIpc) is 3.29. The number of aliphatic carboxylic acids is 1. The molecule has 0 saturated carbocycles. The van der Waals surface area contributed by atoms with Gasteiger partial charge in [-0.1, -0.05) is 54.7 Å². The van der Waals surface area contributed by atoms with Crippen LogP contribution in [0.3, 0.4) is 0 Å². The lowest BCUT2D eigenvalue weighted by Crippen LogP contribution is -2.26. The fourth-order valence-corrected chi connectivity index (χ4v) is 4.32. The summed E-state index contributed by atoms with van der Waals surface area (Å²) in [6.07, 6.45) is 2.00. The second kappa shape index (κ2) is 12.0. The van der Waals surface area contributed by atoms with Crippen molar-refractivity contribution in [1.82, 2.24) is 10.3 Å². The van der Waals surface area contributed by atoms with Crippen LogP contribution in [0.4, 0.5) is 5.13 Å². The lowest BCUT2D eigenvalue weighted by molar-refractivity contribution is -0.136. The number of carboxylic acids is 1. The van der Waals surface area contributed by atoms with Gasteiger partial charge in [0.1, 0.15) is 0 Å². The van der Waals surface area contributed by atoms with Crippen molar-refractivity contribution in [2.24, 2.45) is 0 Å². The fraction of sp³-hybridized carbons (Fsp3) is 0.292. The van der Waals surface area contributed by atoms with Gasteiger partial charge in [0.15, 0.2) is 5.13 Å². The van der Waals surface area contributed by atoms with Crippen LogP contribution in [-0.4, -0.2) is 35.1 Å². The van der Waals surface area contributed by atoms with Crippen LogP contribution in [-0.2, 0) is 11.3 Å². The molecule has 2 N–H and O–H groups in total. The van der Waals surface area contributed by atoms with Crippen molar-refractivity contribution in [2.45, 2.75) is 32.7 Å². The van der Waals surface area contributed by atoms with E-state index in [-0.39, 0.29) is 18.9 Å². The highest BCUT2D eigenvalue weighted by Crippen LogP contribution is 2.32. The highest BCUT2D eigenvalue weighted by Gasteiger charge is 2.14. The molecule has 0 atom stereocenters. The van der Waals surface area contributed by atoms with E-state index in [1.54, 1.807) is 29.5 Å². The zero-order valence-corrected chi connectivity index (χ0v) is 20.5. The summed E-state index contributed by atoms with van der Waals surface area (Å²) >= 11 is 13.8. The maximum absolute atomic E-state index is 12.2. The van der Waals surface area contributed by atoms with Gasteiger partial charge >= 0.3 is 5.97 Å². The summed E-state index contributed by atoms with van der Waals surface area (Å²) in [5.74, 6) is -1.22. The molecule has 3 rings (SSSR count). The first-order valence-corrected chi connectivity index (χ1v) is 12.3. The number of thiazole rings is 1. The van der Waals surface area contributed by atoms with Gasteiger partial charge in [-0.15, -0.1) is 11.3 Å². The summed E-state index contributed by atoms with van der Waals surface area (Å²) in [6.45, 7) is 3.78. The standard InChI is InChI=1S/C24H25Cl2N3O3S/c1-2-3-12-29(24-28-21(15-33-24)18-8-9-19(25)20(26)13-18)14-16-4-6-17(7-5-16)23(32)27-11-10-22(30)31/h4-9,13,15H,2-3,10-12,14H2,1H3,(H,27,32)(H,30,31). The first kappa shape index (κ1) is 25.0. The molecule has 33 heavy (non-hydrogen) atoms. The Bertz CT molecular complexity index is 1100. The van der Waals surface area contributed by atoms with E-state index in [1.165, 1.54) is 0 Å². The molecule has 0 aliphatic rings. The molecule has 3 aromatic rings. The van der Waals surface area contributed by atoms with E-state index in [9.17, 15) is 9.59 Å².